The number of likely N-dealkylation sites (N-methyl/N-ethyl adjacent to an activating group) is 1. The highest BCUT2D eigenvalue weighted by molar-refractivity contribution is 7.86. The maximum atomic E-state index is 11.2. The van der Waals surface area contributed by atoms with Crippen LogP contribution in [0.2, 0.25) is 0 Å². The first kappa shape index (κ1) is 11.8. The third kappa shape index (κ3) is 1.85. The molecule has 1 aliphatic rings. The molecule has 0 aliphatic carbocycles. The van der Waals surface area contributed by atoms with Crippen molar-refractivity contribution in [3.63, 3.8) is 0 Å². The zero-order valence-corrected chi connectivity index (χ0v) is 9.68. The second kappa shape index (κ2) is 3.67. The Bertz CT molecular complexity index is 583. The van der Waals surface area contributed by atoms with E-state index in [0.717, 1.165) is 0 Å². The first-order valence-electron chi connectivity index (χ1n) is 4.72. The number of nitrogens with zero attached hydrogens (tertiary/aromatic N) is 2. The van der Waals surface area contributed by atoms with Crippen LogP contribution in [-0.2, 0) is 10.1 Å². The number of benzene rings is 1. The standard InChI is InChI=1S/C9H10N2O5S/c1-11-4-9(17(14,15)16)5-2-6(10-13)8(12)3-7(5)11/h2-3,9,12H,4H2,1H3,(H,14,15,16). The number of rotatable bonds is 2. The van der Waals surface area contributed by atoms with E-state index in [-0.39, 0.29) is 23.5 Å². The molecule has 2 rings (SSSR count). The number of aromatic hydroxyl groups is 1. The van der Waals surface area contributed by atoms with Crippen molar-refractivity contribution >= 4 is 21.5 Å². The third-order valence-electron chi connectivity index (χ3n) is 2.78. The summed E-state index contributed by atoms with van der Waals surface area (Å²) in [5.74, 6) is -0.318. The van der Waals surface area contributed by atoms with Crippen molar-refractivity contribution in [2.24, 2.45) is 5.18 Å². The van der Waals surface area contributed by atoms with E-state index in [1.54, 1.807) is 11.9 Å². The maximum Gasteiger partial charge on any atom is 0.273 e. The third-order valence-corrected chi connectivity index (χ3v) is 3.90. The molecule has 1 atom stereocenters. The molecule has 1 heterocycles. The molecule has 1 aliphatic heterocycles. The fourth-order valence-electron chi connectivity index (χ4n) is 1.94. The van der Waals surface area contributed by atoms with Crippen molar-refractivity contribution in [3.8, 4) is 5.75 Å². The predicted molar refractivity (Wildman–Crippen MR) is 61.1 cm³/mol. The minimum absolute atomic E-state index is 0.0654. The average Bonchev–Trinajstić information content (AvgIpc) is 2.54. The zero-order chi connectivity index (χ0) is 12.8. The number of hydrogen-bond donors (Lipinski definition) is 2. The van der Waals surface area contributed by atoms with Gasteiger partial charge >= 0.3 is 0 Å². The molecule has 0 saturated heterocycles. The second-order valence-electron chi connectivity index (χ2n) is 3.88. The van der Waals surface area contributed by atoms with Gasteiger partial charge in [0.25, 0.3) is 10.1 Å². The molecule has 2 N–H and O–H groups in total. The lowest BCUT2D eigenvalue weighted by Crippen LogP contribution is -2.20. The highest BCUT2D eigenvalue weighted by atomic mass is 32.2. The Morgan fingerprint density at radius 2 is 2.12 bits per heavy atom. The van der Waals surface area contributed by atoms with E-state index in [0.29, 0.717) is 5.69 Å². The SMILES string of the molecule is CN1CC(S(=O)(=O)O)c2cc(N=O)c(O)cc21. The lowest BCUT2D eigenvalue weighted by molar-refractivity contribution is 0.470. The zero-order valence-electron chi connectivity index (χ0n) is 8.86. The van der Waals surface area contributed by atoms with Crippen molar-refractivity contribution in [2.45, 2.75) is 5.25 Å². The minimum Gasteiger partial charge on any atom is -0.505 e. The van der Waals surface area contributed by atoms with Crippen LogP contribution in [-0.4, -0.2) is 31.7 Å². The summed E-state index contributed by atoms with van der Waals surface area (Å²) in [6.07, 6.45) is 0. The van der Waals surface area contributed by atoms with Crippen LogP contribution in [0.25, 0.3) is 0 Å². The van der Waals surface area contributed by atoms with Crippen LogP contribution >= 0.6 is 0 Å². The van der Waals surface area contributed by atoms with Crippen LogP contribution < -0.4 is 4.90 Å². The highest BCUT2D eigenvalue weighted by Gasteiger charge is 2.36. The smallest absolute Gasteiger partial charge is 0.273 e. The monoisotopic (exact) mass is 258 g/mol. The summed E-state index contributed by atoms with van der Waals surface area (Å²) in [7, 11) is -2.63. The molecular weight excluding hydrogens is 248 g/mol. The molecule has 17 heavy (non-hydrogen) atoms. The van der Waals surface area contributed by atoms with Gasteiger partial charge in [-0.25, -0.2) is 0 Å². The summed E-state index contributed by atoms with van der Waals surface area (Å²) in [6, 6.07) is 2.44. The van der Waals surface area contributed by atoms with Crippen molar-refractivity contribution in [3.05, 3.63) is 22.6 Å². The predicted octanol–water partition coefficient (Wildman–Crippen LogP) is 1.17. The minimum atomic E-state index is -4.25. The van der Waals surface area contributed by atoms with E-state index in [4.69, 9.17) is 4.55 Å². The number of hydrogen-bond acceptors (Lipinski definition) is 6. The Morgan fingerprint density at radius 1 is 1.47 bits per heavy atom. The molecule has 0 fully saturated rings. The van der Waals surface area contributed by atoms with E-state index in [9.17, 15) is 18.4 Å². The van der Waals surface area contributed by atoms with Crippen molar-refractivity contribution in [2.75, 3.05) is 18.5 Å². The Labute approximate surface area is 97.4 Å². The molecule has 0 bridgehead atoms. The van der Waals surface area contributed by atoms with Gasteiger partial charge in [-0.2, -0.15) is 8.42 Å². The van der Waals surface area contributed by atoms with Gasteiger partial charge in [0, 0.05) is 30.9 Å². The van der Waals surface area contributed by atoms with Gasteiger partial charge in [-0.15, -0.1) is 4.91 Å². The van der Waals surface area contributed by atoms with Gasteiger partial charge < -0.3 is 10.0 Å². The van der Waals surface area contributed by atoms with Gasteiger partial charge in [-0.3, -0.25) is 4.55 Å². The second-order valence-corrected chi connectivity index (χ2v) is 5.47. The van der Waals surface area contributed by atoms with E-state index in [1.165, 1.54) is 12.1 Å². The summed E-state index contributed by atoms with van der Waals surface area (Å²) in [5.41, 5.74) is 0.479. The Hall–Kier alpha value is -1.67. The summed E-state index contributed by atoms with van der Waals surface area (Å²) in [4.78, 5) is 12.0. The molecule has 8 heteroatoms. The topological polar surface area (TPSA) is 107 Å². The molecule has 0 spiro atoms. The quantitative estimate of drug-likeness (QED) is 0.609. The summed E-state index contributed by atoms with van der Waals surface area (Å²) in [5, 5.41) is 10.9. The molecule has 1 aromatic carbocycles. The highest BCUT2D eigenvalue weighted by Crippen LogP contribution is 2.43. The average molecular weight is 258 g/mol. The molecule has 1 unspecified atom stereocenters. The summed E-state index contributed by atoms with van der Waals surface area (Å²) in [6.45, 7) is 0.0654. The van der Waals surface area contributed by atoms with Crippen LogP contribution in [0, 0.1) is 4.91 Å². The van der Waals surface area contributed by atoms with Crippen LogP contribution in [0.3, 0.4) is 0 Å². The molecule has 1 aromatic rings. The number of nitroso groups, excluding NO2 is 1. The van der Waals surface area contributed by atoms with E-state index < -0.39 is 15.4 Å². The fourth-order valence-corrected chi connectivity index (χ4v) is 2.87. The van der Waals surface area contributed by atoms with Gasteiger partial charge in [-0.1, -0.05) is 0 Å². The summed E-state index contributed by atoms with van der Waals surface area (Å²) < 4.78 is 31.5. The molecule has 0 amide bonds. The van der Waals surface area contributed by atoms with E-state index in [2.05, 4.69) is 5.18 Å². The Kier molecular flexibility index (Phi) is 2.55. The number of phenols is 1. The molecule has 0 saturated carbocycles. The van der Waals surface area contributed by atoms with Crippen LogP contribution in [0.15, 0.2) is 17.3 Å². The van der Waals surface area contributed by atoms with Gasteiger partial charge in [0.2, 0.25) is 0 Å². The Morgan fingerprint density at radius 3 is 2.65 bits per heavy atom. The lowest BCUT2D eigenvalue weighted by Gasteiger charge is -2.11. The molecule has 92 valence electrons. The number of fused-ring (bicyclic) bond motifs is 1. The van der Waals surface area contributed by atoms with Crippen LogP contribution in [0.1, 0.15) is 10.8 Å². The van der Waals surface area contributed by atoms with Crippen molar-refractivity contribution < 1.29 is 18.1 Å². The van der Waals surface area contributed by atoms with Gasteiger partial charge in [-0.05, 0) is 11.2 Å². The molecule has 0 aromatic heterocycles. The van der Waals surface area contributed by atoms with E-state index in [1.807, 2.05) is 0 Å². The van der Waals surface area contributed by atoms with Gasteiger partial charge in [0.05, 0.1) is 0 Å². The number of anilines is 1. The number of phenolic OH excluding ortho intramolecular Hbond substituents is 1. The Balaban J connectivity index is 2.65. The molecular formula is C9H10N2O5S. The lowest BCUT2D eigenvalue weighted by atomic mass is 10.1. The summed E-state index contributed by atoms with van der Waals surface area (Å²) >= 11 is 0. The van der Waals surface area contributed by atoms with E-state index >= 15 is 0 Å². The fraction of sp³-hybridized carbons (Fsp3) is 0.333. The first-order valence-corrected chi connectivity index (χ1v) is 6.22. The normalized spacial score (nSPS) is 19.2. The van der Waals surface area contributed by atoms with Crippen LogP contribution in [0.5, 0.6) is 5.75 Å². The molecule has 0 radical (unpaired) electrons. The largest absolute Gasteiger partial charge is 0.505 e. The maximum absolute atomic E-state index is 11.2. The molecule has 7 nitrogen and oxygen atoms in total. The van der Waals surface area contributed by atoms with Crippen molar-refractivity contribution in [1.29, 1.82) is 0 Å². The van der Waals surface area contributed by atoms with Crippen LogP contribution in [0.4, 0.5) is 11.4 Å². The van der Waals surface area contributed by atoms with Gasteiger partial charge in [0.15, 0.2) is 0 Å². The van der Waals surface area contributed by atoms with Crippen molar-refractivity contribution in [1.82, 2.24) is 0 Å². The van der Waals surface area contributed by atoms with Gasteiger partial charge in [0.1, 0.15) is 16.7 Å². The first-order chi connectivity index (χ1) is 7.84.